The molecular weight excluding hydrogens is 221 g/mol. The Labute approximate surface area is 99.9 Å². The van der Waals surface area contributed by atoms with Crippen LogP contribution < -0.4 is 4.90 Å². The minimum Gasteiger partial charge on any atom is -0.478 e. The molecule has 0 saturated heterocycles. The fourth-order valence-electron chi connectivity index (χ4n) is 2.17. The average Bonchev–Trinajstić information content (AvgIpc) is 2.23. The second-order valence-electron chi connectivity index (χ2n) is 4.64. The largest absolute Gasteiger partial charge is 0.478 e. The molecule has 1 aliphatic carbocycles. The zero-order valence-corrected chi connectivity index (χ0v) is 9.82. The van der Waals surface area contributed by atoms with Gasteiger partial charge in [0.25, 0.3) is 0 Å². The van der Waals surface area contributed by atoms with E-state index in [2.05, 4.69) is 0 Å². The lowest BCUT2D eigenvalue weighted by Gasteiger charge is -2.31. The summed E-state index contributed by atoms with van der Waals surface area (Å²) in [7, 11) is 1.86. The van der Waals surface area contributed by atoms with Crippen LogP contribution in [0.2, 0.25) is 0 Å². The molecule has 1 aliphatic rings. The summed E-state index contributed by atoms with van der Waals surface area (Å²) in [6, 6.07) is 3.92. The number of carboxylic acid groups (broad SMARTS) is 1. The van der Waals surface area contributed by atoms with E-state index in [9.17, 15) is 9.18 Å². The van der Waals surface area contributed by atoms with Gasteiger partial charge in [-0.3, -0.25) is 0 Å². The van der Waals surface area contributed by atoms with Gasteiger partial charge in [0.1, 0.15) is 5.82 Å². The highest BCUT2D eigenvalue weighted by atomic mass is 19.1. The van der Waals surface area contributed by atoms with E-state index in [-0.39, 0.29) is 5.56 Å². The second-order valence-corrected chi connectivity index (χ2v) is 4.64. The molecule has 1 aromatic carbocycles. The number of nitrogens with zero attached hydrogens (tertiary/aromatic N) is 1. The minimum absolute atomic E-state index is 0.0341. The molecule has 0 aromatic heterocycles. The van der Waals surface area contributed by atoms with Gasteiger partial charge in [0, 0.05) is 13.6 Å². The van der Waals surface area contributed by atoms with Gasteiger partial charge in [0.05, 0.1) is 11.3 Å². The van der Waals surface area contributed by atoms with Crippen molar-refractivity contribution >= 4 is 11.7 Å². The normalized spacial score (nSPS) is 15.4. The van der Waals surface area contributed by atoms with Crippen molar-refractivity contribution in [2.45, 2.75) is 19.3 Å². The Hall–Kier alpha value is -1.58. The number of anilines is 1. The van der Waals surface area contributed by atoms with E-state index in [0.717, 1.165) is 12.6 Å². The van der Waals surface area contributed by atoms with Gasteiger partial charge >= 0.3 is 5.97 Å². The number of rotatable bonds is 4. The van der Waals surface area contributed by atoms with Crippen molar-refractivity contribution in [2.24, 2.45) is 5.92 Å². The summed E-state index contributed by atoms with van der Waals surface area (Å²) in [4.78, 5) is 13.0. The summed E-state index contributed by atoms with van der Waals surface area (Å²) < 4.78 is 13.0. The summed E-state index contributed by atoms with van der Waals surface area (Å²) in [5.74, 6) is -0.949. The Morgan fingerprint density at radius 2 is 2.24 bits per heavy atom. The van der Waals surface area contributed by atoms with Crippen molar-refractivity contribution in [3.63, 3.8) is 0 Å². The Morgan fingerprint density at radius 3 is 2.76 bits per heavy atom. The van der Waals surface area contributed by atoms with Gasteiger partial charge < -0.3 is 10.0 Å². The van der Waals surface area contributed by atoms with Crippen LogP contribution in [0.3, 0.4) is 0 Å². The summed E-state index contributed by atoms with van der Waals surface area (Å²) in [6.07, 6.45) is 3.66. The van der Waals surface area contributed by atoms with Gasteiger partial charge in [-0.2, -0.15) is 0 Å². The lowest BCUT2D eigenvalue weighted by atomic mass is 9.85. The van der Waals surface area contributed by atoms with Crippen LogP contribution in [0.1, 0.15) is 29.6 Å². The standard InChI is InChI=1S/C13H16FNO2/c1-15(8-9-3-2-4-9)12-6-5-10(14)7-11(12)13(16)17/h5-7,9H,2-4,8H2,1H3,(H,16,17). The fourth-order valence-corrected chi connectivity index (χ4v) is 2.17. The highest BCUT2D eigenvalue weighted by Crippen LogP contribution is 2.29. The molecule has 1 saturated carbocycles. The number of aromatic carboxylic acids is 1. The van der Waals surface area contributed by atoms with Gasteiger partial charge in [-0.15, -0.1) is 0 Å². The first-order valence-corrected chi connectivity index (χ1v) is 5.82. The molecule has 1 aromatic rings. The molecule has 0 heterocycles. The molecule has 0 aliphatic heterocycles. The molecule has 1 N–H and O–H groups in total. The van der Waals surface area contributed by atoms with Gasteiger partial charge in [0.15, 0.2) is 0 Å². The van der Waals surface area contributed by atoms with Gasteiger partial charge in [-0.1, -0.05) is 6.42 Å². The molecule has 0 unspecified atom stereocenters. The molecule has 0 radical (unpaired) electrons. The molecule has 4 heteroatoms. The van der Waals surface area contributed by atoms with Crippen molar-refractivity contribution in [1.29, 1.82) is 0 Å². The molecule has 0 atom stereocenters. The summed E-state index contributed by atoms with van der Waals surface area (Å²) in [5.41, 5.74) is 0.623. The number of carbonyl (C=O) groups is 1. The summed E-state index contributed by atoms with van der Waals surface area (Å²) in [5, 5.41) is 9.05. The van der Waals surface area contributed by atoms with Crippen molar-refractivity contribution in [2.75, 3.05) is 18.5 Å². The molecule has 2 rings (SSSR count). The van der Waals surface area contributed by atoms with E-state index in [4.69, 9.17) is 5.11 Å². The fraction of sp³-hybridized carbons (Fsp3) is 0.462. The zero-order chi connectivity index (χ0) is 12.4. The maximum atomic E-state index is 13.0. The molecule has 17 heavy (non-hydrogen) atoms. The number of hydrogen-bond acceptors (Lipinski definition) is 2. The lowest BCUT2D eigenvalue weighted by Crippen LogP contribution is -2.30. The Balaban J connectivity index is 2.20. The Morgan fingerprint density at radius 1 is 1.53 bits per heavy atom. The Kier molecular flexibility index (Phi) is 3.31. The van der Waals surface area contributed by atoms with Gasteiger partial charge in [0.2, 0.25) is 0 Å². The molecular formula is C13H16FNO2. The van der Waals surface area contributed by atoms with E-state index >= 15 is 0 Å². The first-order chi connectivity index (χ1) is 8.08. The lowest BCUT2D eigenvalue weighted by molar-refractivity contribution is 0.0697. The van der Waals surface area contributed by atoms with Crippen LogP contribution in [0.15, 0.2) is 18.2 Å². The first-order valence-electron chi connectivity index (χ1n) is 5.82. The number of hydrogen-bond donors (Lipinski definition) is 1. The predicted molar refractivity (Wildman–Crippen MR) is 64.0 cm³/mol. The van der Waals surface area contributed by atoms with E-state index in [1.807, 2.05) is 11.9 Å². The molecule has 0 bridgehead atoms. The van der Waals surface area contributed by atoms with Crippen LogP contribution in [-0.2, 0) is 0 Å². The smallest absolute Gasteiger partial charge is 0.337 e. The molecule has 1 fully saturated rings. The molecule has 3 nitrogen and oxygen atoms in total. The third kappa shape index (κ3) is 2.57. The van der Waals surface area contributed by atoms with Crippen LogP contribution in [0, 0.1) is 11.7 Å². The topological polar surface area (TPSA) is 40.5 Å². The maximum Gasteiger partial charge on any atom is 0.337 e. The average molecular weight is 237 g/mol. The summed E-state index contributed by atoms with van der Waals surface area (Å²) >= 11 is 0. The number of benzene rings is 1. The first kappa shape index (κ1) is 11.9. The van der Waals surface area contributed by atoms with Crippen LogP contribution in [0.4, 0.5) is 10.1 Å². The predicted octanol–water partition coefficient (Wildman–Crippen LogP) is 2.76. The number of halogens is 1. The second kappa shape index (κ2) is 4.73. The van der Waals surface area contributed by atoms with E-state index in [1.165, 1.54) is 31.4 Å². The molecule has 0 spiro atoms. The third-order valence-corrected chi connectivity index (χ3v) is 3.36. The monoisotopic (exact) mass is 237 g/mol. The van der Waals surface area contributed by atoms with Crippen LogP contribution in [0.5, 0.6) is 0 Å². The molecule has 92 valence electrons. The van der Waals surface area contributed by atoms with Crippen molar-refractivity contribution in [3.8, 4) is 0 Å². The van der Waals surface area contributed by atoms with Crippen molar-refractivity contribution in [3.05, 3.63) is 29.6 Å². The zero-order valence-electron chi connectivity index (χ0n) is 9.82. The van der Waals surface area contributed by atoms with Crippen LogP contribution in [-0.4, -0.2) is 24.7 Å². The highest BCUT2D eigenvalue weighted by Gasteiger charge is 2.21. The number of carboxylic acids is 1. The Bertz CT molecular complexity index is 429. The van der Waals surface area contributed by atoms with Crippen LogP contribution >= 0.6 is 0 Å². The maximum absolute atomic E-state index is 13.0. The highest BCUT2D eigenvalue weighted by molar-refractivity contribution is 5.94. The van der Waals surface area contributed by atoms with E-state index in [0.29, 0.717) is 11.6 Å². The summed E-state index contributed by atoms with van der Waals surface area (Å²) in [6.45, 7) is 0.839. The van der Waals surface area contributed by atoms with E-state index < -0.39 is 11.8 Å². The van der Waals surface area contributed by atoms with Crippen molar-refractivity contribution < 1.29 is 14.3 Å². The SMILES string of the molecule is CN(CC1CCC1)c1ccc(F)cc1C(=O)O. The van der Waals surface area contributed by atoms with E-state index in [1.54, 1.807) is 0 Å². The third-order valence-electron chi connectivity index (χ3n) is 3.36. The van der Waals surface area contributed by atoms with Crippen molar-refractivity contribution in [1.82, 2.24) is 0 Å². The van der Waals surface area contributed by atoms with Gasteiger partial charge in [-0.25, -0.2) is 9.18 Å². The quantitative estimate of drug-likeness (QED) is 0.875. The minimum atomic E-state index is -1.08. The van der Waals surface area contributed by atoms with Crippen LogP contribution in [0.25, 0.3) is 0 Å². The molecule has 0 amide bonds. The van der Waals surface area contributed by atoms with Gasteiger partial charge in [-0.05, 0) is 37.0 Å².